The zero-order valence-electron chi connectivity index (χ0n) is 22.8. The molecule has 39 heavy (non-hydrogen) atoms. The number of fused-ring (bicyclic) bond motifs is 2. The van der Waals surface area contributed by atoms with E-state index in [2.05, 4.69) is 0 Å². The van der Waals surface area contributed by atoms with Crippen molar-refractivity contribution < 1.29 is 27.9 Å². The molecule has 1 N–H and O–H groups in total. The molecule has 208 valence electrons. The Bertz CT molecular complexity index is 1450. The summed E-state index contributed by atoms with van der Waals surface area (Å²) in [5.74, 6) is -2.83. The predicted octanol–water partition coefficient (Wildman–Crippen LogP) is 2.22. The number of nitrogens with zero attached hydrogens (tertiary/aromatic N) is 4. The first-order valence-electron chi connectivity index (χ1n) is 12.8. The number of likely N-dealkylation sites (tertiary alicyclic amines) is 1. The second-order valence-electron chi connectivity index (χ2n) is 10.2. The molecule has 0 aliphatic carbocycles. The maximum absolute atomic E-state index is 14.4. The number of para-hydroxylation sites is 1. The summed E-state index contributed by atoms with van der Waals surface area (Å²) in [4.78, 5) is 46.2. The van der Waals surface area contributed by atoms with Gasteiger partial charge in [-0.2, -0.15) is 0 Å². The number of carbonyl (C=O) groups is 3. The van der Waals surface area contributed by atoms with Gasteiger partial charge < -0.3 is 19.8 Å². The van der Waals surface area contributed by atoms with Gasteiger partial charge in [0, 0.05) is 44.9 Å². The van der Waals surface area contributed by atoms with Crippen molar-refractivity contribution in [2.24, 2.45) is 0 Å². The van der Waals surface area contributed by atoms with Gasteiger partial charge in [0.15, 0.2) is 5.54 Å². The number of rotatable bonds is 9. The lowest BCUT2D eigenvalue weighted by Gasteiger charge is -2.35. The van der Waals surface area contributed by atoms with Crippen LogP contribution in [0.15, 0.2) is 59.0 Å². The van der Waals surface area contributed by atoms with E-state index in [-0.39, 0.29) is 22.6 Å². The van der Waals surface area contributed by atoms with Gasteiger partial charge in [-0.15, -0.1) is 0 Å². The van der Waals surface area contributed by atoms with Crippen LogP contribution >= 0.6 is 0 Å². The summed E-state index contributed by atoms with van der Waals surface area (Å²) in [7, 11) is 2.74. The van der Waals surface area contributed by atoms with E-state index >= 15 is 0 Å². The number of hydrogen-bond donors (Lipinski definition) is 1. The Morgan fingerprint density at radius 1 is 0.949 bits per heavy atom. The second-order valence-corrected chi connectivity index (χ2v) is 12.3. The van der Waals surface area contributed by atoms with E-state index in [1.165, 1.54) is 43.3 Å². The number of anilines is 1. The van der Waals surface area contributed by atoms with Crippen molar-refractivity contribution in [2.75, 3.05) is 52.7 Å². The van der Waals surface area contributed by atoms with E-state index in [9.17, 15) is 27.9 Å². The third-order valence-electron chi connectivity index (χ3n) is 7.22. The molecule has 0 bridgehead atoms. The van der Waals surface area contributed by atoms with Gasteiger partial charge in [0.1, 0.15) is 5.76 Å². The first kappa shape index (κ1) is 28.5. The van der Waals surface area contributed by atoms with Crippen molar-refractivity contribution in [3.8, 4) is 0 Å². The molecule has 0 aromatic heterocycles. The van der Waals surface area contributed by atoms with Crippen molar-refractivity contribution in [3.05, 3.63) is 65.2 Å². The summed E-state index contributed by atoms with van der Waals surface area (Å²) >= 11 is 0. The fourth-order valence-electron chi connectivity index (χ4n) is 5.14. The highest BCUT2D eigenvalue weighted by molar-refractivity contribution is 7.89. The van der Waals surface area contributed by atoms with E-state index in [1.54, 1.807) is 29.2 Å². The first-order chi connectivity index (χ1) is 18.4. The van der Waals surface area contributed by atoms with Crippen LogP contribution in [0.2, 0.25) is 0 Å². The molecule has 1 spiro atoms. The number of ketones is 1. The Hall–Kier alpha value is -3.54. The maximum atomic E-state index is 14.4. The minimum Gasteiger partial charge on any atom is -0.507 e. The van der Waals surface area contributed by atoms with Gasteiger partial charge in [0.2, 0.25) is 10.0 Å². The normalized spacial score (nSPS) is 20.6. The Balaban J connectivity index is 1.97. The zero-order valence-corrected chi connectivity index (χ0v) is 23.7. The quantitative estimate of drug-likeness (QED) is 0.287. The van der Waals surface area contributed by atoms with Gasteiger partial charge in [-0.05, 0) is 50.8 Å². The monoisotopic (exact) mass is 554 g/mol. The van der Waals surface area contributed by atoms with Crippen LogP contribution in [0.25, 0.3) is 5.76 Å². The number of sulfonamides is 1. The smallest absolute Gasteiger partial charge is 0.296 e. The molecule has 2 heterocycles. The summed E-state index contributed by atoms with van der Waals surface area (Å²) in [6.07, 6.45) is 1.54. The number of aliphatic hydroxyl groups is 1. The number of unbranched alkanes of at least 4 members (excludes halogenated alkanes) is 1. The molecule has 1 atom stereocenters. The molecule has 2 aromatic carbocycles. The van der Waals surface area contributed by atoms with Crippen molar-refractivity contribution in [3.63, 3.8) is 0 Å². The van der Waals surface area contributed by atoms with Crippen LogP contribution in [0, 0.1) is 0 Å². The molecule has 0 radical (unpaired) electrons. The number of Topliss-reactive ketones (excluding diaryl/α,β-unsaturated/α-hetero) is 1. The van der Waals surface area contributed by atoms with Crippen LogP contribution in [-0.2, 0) is 29.9 Å². The molecular formula is C28H34N4O6S. The molecule has 11 heteroatoms. The van der Waals surface area contributed by atoms with E-state index < -0.39 is 38.9 Å². The van der Waals surface area contributed by atoms with Crippen molar-refractivity contribution in [1.29, 1.82) is 0 Å². The number of carbonyl (C=O) groups excluding carboxylic acids is 3. The molecule has 2 amide bonds. The molecular weight excluding hydrogens is 520 g/mol. The highest BCUT2D eigenvalue weighted by Gasteiger charge is 2.66. The Morgan fingerprint density at radius 2 is 1.59 bits per heavy atom. The summed E-state index contributed by atoms with van der Waals surface area (Å²) < 4.78 is 26.1. The molecule has 1 saturated heterocycles. The van der Waals surface area contributed by atoms with E-state index in [1.807, 2.05) is 25.9 Å². The number of aliphatic hydroxyl groups excluding tert-OH is 1. The summed E-state index contributed by atoms with van der Waals surface area (Å²) in [6, 6.07) is 12.4. The molecule has 2 aromatic rings. The number of benzene rings is 2. The largest absolute Gasteiger partial charge is 0.507 e. The summed E-state index contributed by atoms with van der Waals surface area (Å²) in [5.41, 5.74) is -0.989. The minimum absolute atomic E-state index is 0.00164. The predicted molar refractivity (Wildman–Crippen MR) is 148 cm³/mol. The Labute approximate surface area is 229 Å². The number of amides is 2. The number of likely N-dealkylation sites (N-methyl/N-ethyl adjacent to an activating group) is 1. The highest BCUT2D eigenvalue weighted by Crippen LogP contribution is 2.53. The molecule has 2 aliphatic rings. The van der Waals surface area contributed by atoms with E-state index in [0.29, 0.717) is 30.8 Å². The van der Waals surface area contributed by atoms with Crippen LogP contribution in [0.1, 0.15) is 30.9 Å². The molecule has 4 rings (SSSR count). The number of hydrogen-bond acceptors (Lipinski definition) is 7. The highest BCUT2D eigenvalue weighted by atomic mass is 32.2. The molecule has 2 aliphatic heterocycles. The lowest BCUT2D eigenvalue weighted by atomic mass is 9.82. The summed E-state index contributed by atoms with van der Waals surface area (Å²) in [6.45, 7) is 2.86. The van der Waals surface area contributed by atoms with E-state index in [0.717, 1.165) is 10.7 Å². The van der Waals surface area contributed by atoms with Gasteiger partial charge in [0.25, 0.3) is 17.6 Å². The SMILES string of the molecule is CCCCN1C(=O)C2(/C(=C(\O)c3ccc(S(=O)(=O)N(C)C)cc3)C(=O)C(=O)N2CCN(C)C)c2ccccc21. The summed E-state index contributed by atoms with van der Waals surface area (Å²) in [5, 5.41) is 11.6. The van der Waals surface area contributed by atoms with Crippen LogP contribution in [0.3, 0.4) is 0 Å². The fourth-order valence-corrected chi connectivity index (χ4v) is 6.05. The topological polar surface area (TPSA) is 119 Å². The average Bonchev–Trinajstić information content (AvgIpc) is 3.28. The Kier molecular flexibility index (Phi) is 7.70. The maximum Gasteiger partial charge on any atom is 0.296 e. The van der Waals surface area contributed by atoms with Crippen molar-refractivity contribution >= 4 is 39.1 Å². The zero-order chi connectivity index (χ0) is 28.7. The van der Waals surface area contributed by atoms with Gasteiger partial charge in [-0.25, -0.2) is 12.7 Å². The third kappa shape index (κ3) is 4.44. The van der Waals surface area contributed by atoms with Crippen molar-refractivity contribution in [2.45, 2.75) is 30.2 Å². The lowest BCUT2D eigenvalue weighted by molar-refractivity contribution is -0.143. The molecule has 1 fully saturated rings. The van der Waals surface area contributed by atoms with Gasteiger partial charge in [-0.3, -0.25) is 14.4 Å². The second kappa shape index (κ2) is 10.6. The van der Waals surface area contributed by atoms with Crippen molar-refractivity contribution in [1.82, 2.24) is 14.1 Å². The molecule has 10 nitrogen and oxygen atoms in total. The first-order valence-corrected chi connectivity index (χ1v) is 14.2. The average molecular weight is 555 g/mol. The lowest BCUT2D eigenvalue weighted by Crippen LogP contribution is -2.53. The van der Waals surface area contributed by atoms with Gasteiger partial charge in [0.05, 0.1) is 16.2 Å². The van der Waals surface area contributed by atoms with Gasteiger partial charge in [-0.1, -0.05) is 31.5 Å². The van der Waals surface area contributed by atoms with Gasteiger partial charge >= 0.3 is 0 Å². The van der Waals surface area contributed by atoms with Crippen LogP contribution in [0.4, 0.5) is 5.69 Å². The Morgan fingerprint density at radius 3 is 2.18 bits per heavy atom. The minimum atomic E-state index is -3.73. The van der Waals surface area contributed by atoms with Crippen LogP contribution < -0.4 is 4.90 Å². The van der Waals surface area contributed by atoms with E-state index in [4.69, 9.17) is 0 Å². The third-order valence-corrected chi connectivity index (χ3v) is 9.05. The van der Waals surface area contributed by atoms with Crippen LogP contribution in [-0.4, -0.2) is 93.1 Å². The molecule has 0 saturated carbocycles. The molecule has 1 unspecified atom stereocenters. The fraction of sp³-hybridized carbons (Fsp3) is 0.393. The standard InChI is InChI=1S/C28H34N4O6S/c1-6-7-16-31-22-11-9-8-10-21(22)28(27(31)36)23(25(34)26(35)32(28)18-17-29(2)3)24(33)19-12-14-20(15-13-19)39(37,38)30(4)5/h8-15,33H,6-7,16-18H2,1-5H3/b24-23-. The van der Waals surface area contributed by atoms with Crippen LogP contribution in [0.5, 0.6) is 0 Å².